The molecule has 1 aromatic carbocycles. The van der Waals surface area contributed by atoms with Gasteiger partial charge in [-0.15, -0.1) is 0 Å². The Labute approximate surface area is 94.3 Å². The van der Waals surface area contributed by atoms with Gasteiger partial charge in [-0.05, 0) is 26.0 Å². The minimum atomic E-state index is -0.412. The van der Waals surface area contributed by atoms with E-state index in [0.717, 1.165) is 0 Å². The Hall–Kier alpha value is -1.91. The van der Waals surface area contributed by atoms with Gasteiger partial charge in [0.2, 0.25) is 0 Å². The predicted octanol–water partition coefficient (Wildman–Crippen LogP) is 1.18. The van der Waals surface area contributed by atoms with Crippen LogP contribution in [0.1, 0.15) is 13.8 Å². The van der Waals surface area contributed by atoms with E-state index in [-0.39, 0.29) is 12.7 Å². The summed E-state index contributed by atoms with van der Waals surface area (Å²) in [4.78, 5) is 11.2. The molecule has 0 heterocycles. The molecule has 0 saturated heterocycles. The number of esters is 1. The van der Waals surface area contributed by atoms with E-state index in [1.54, 1.807) is 32.0 Å². The van der Waals surface area contributed by atoms with Crippen molar-refractivity contribution in [3.8, 4) is 5.75 Å². The fourth-order valence-electron chi connectivity index (χ4n) is 1.08. The van der Waals surface area contributed by atoms with Gasteiger partial charge in [-0.1, -0.05) is 0 Å². The SMILES string of the molecule is CC(C)OC(=O)COc1ccc(N)c(N)c1. The average Bonchev–Trinajstić information content (AvgIpc) is 2.19. The van der Waals surface area contributed by atoms with Crippen LogP contribution in [0.15, 0.2) is 18.2 Å². The lowest BCUT2D eigenvalue weighted by Gasteiger charge is -2.10. The van der Waals surface area contributed by atoms with Gasteiger partial charge in [0.05, 0.1) is 17.5 Å². The van der Waals surface area contributed by atoms with Crippen LogP contribution in [0.25, 0.3) is 0 Å². The minimum Gasteiger partial charge on any atom is -0.482 e. The molecule has 0 aliphatic heterocycles. The molecule has 0 saturated carbocycles. The zero-order valence-corrected chi connectivity index (χ0v) is 9.40. The molecule has 88 valence electrons. The zero-order valence-electron chi connectivity index (χ0n) is 9.40. The van der Waals surface area contributed by atoms with Crippen molar-refractivity contribution >= 4 is 17.3 Å². The lowest BCUT2D eigenvalue weighted by atomic mass is 10.2. The van der Waals surface area contributed by atoms with Crippen molar-refractivity contribution in [2.75, 3.05) is 18.1 Å². The molecule has 0 aliphatic rings. The van der Waals surface area contributed by atoms with Crippen LogP contribution in [0.4, 0.5) is 11.4 Å². The molecule has 5 nitrogen and oxygen atoms in total. The van der Waals surface area contributed by atoms with Crippen molar-refractivity contribution in [1.82, 2.24) is 0 Å². The first-order valence-corrected chi connectivity index (χ1v) is 4.96. The van der Waals surface area contributed by atoms with Gasteiger partial charge in [-0.2, -0.15) is 0 Å². The number of hydrogen-bond donors (Lipinski definition) is 2. The summed E-state index contributed by atoms with van der Waals surface area (Å²) in [6.07, 6.45) is -0.146. The average molecular weight is 224 g/mol. The van der Waals surface area contributed by atoms with Crippen LogP contribution in [0.2, 0.25) is 0 Å². The third-order valence-electron chi connectivity index (χ3n) is 1.78. The molecule has 0 spiro atoms. The van der Waals surface area contributed by atoms with Crippen LogP contribution in [-0.4, -0.2) is 18.7 Å². The third-order valence-corrected chi connectivity index (χ3v) is 1.78. The largest absolute Gasteiger partial charge is 0.482 e. The number of ether oxygens (including phenoxy) is 2. The highest BCUT2D eigenvalue weighted by Crippen LogP contribution is 2.21. The second-order valence-corrected chi connectivity index (χ2v) is 3.62. The number of carbonyl (C=O) groups is 1. The number of rotatable bonds is 4. The molecule has 0 fully saturated rings. The van der Waals surface area contributed by atoms with Crippen LogP contribution < -0.4 is 16.2 Å². The third kappa shape index (κ3) is 3.68. The first-order chi connectivity index (χ1) is 7.49. The normalized spacial score (nSPS) is 10.2. The summed E-state index contributed by atoms with van der Waals surface area (Å²) in [6, 6.07) is 4.84. The fourth-order valence-corrected chi connectivity index (χ4v) is 1.08. The van der Waals surface area contributed by atoms with Gasteiger partial charge in [-0.25, -0.2) is 4.79 Å². The topological polar surface area (TPSA) is 87.6 Å². The molecular formula is C11H16N2O3. The Bertz CT molecular complexity index is 377. The van der Waals surface area contributed by atoms with Gasteiger partial charge < -0.3 is 20.9 Å². The molecule has 5 heteroatoms. The first kappa shape index (κ1) is 12.2. The molecule has 0 radical (unpaired) electrons. The minimum absolute atomic E-state index is 0.137. The van der Waals surface area contributed by atoms with E-state index in [2.05, 4.69) is 0 Å². The van der Waals surface area contributed by atoms with Crippen LogP contribution >= 0.6 is 0 Å². The van der Waals surface area contributed by atoms with Gasteiger partial charge in [0.25, 0.3) is 0 Å². The van der Waals surface area contributed by atoms with E-state index in [4.69, 9.17) is 20.9 Å². The van der Waals surface area contributed by atoms with E-state index in [1.165, 1.54) is 0 Å². The zero-order chi connectivity index (χ0) is 12.1. The lowest BCUT2D eigenvalue weighted by molar-refractivity contribution is -0.149. The number of nitrogen functional groups attached to an aromatic ring is 2. The Morgan fingerprint density at radius 2 is 2.00 bits per heavy atom. The summed E-state index contributed by atoms with van der Waals surface area (Å²) in [6.45, 7) is 3.42. The highest BCUT2D eigenvalue weighted by molar-refractivity contribution is 5.71. The molecule has 0 amide bonds. The van der Waals surface area contributed by atoms with Gasteiger partial charge in [-0.3, -0.25) is 0 Å². The van der Waals surface area contributed by atoms with Crippen LogP contribution in [0, 0.1) is 0 Å². The van der Waals surface area contributed by atoms with E-state index >= 15 is 0 Å². The molecule has 0 unspecified atom stereocenters. The highest BCUT2D eigenvalue weighted by atomic mass is 16.6. The molecule has 4 N–H and O–H groups in total. The summed E-state index contributed by atoms with van der Waals surface area (Å²) in [5.74, 6) is 0.0813. The van der Waals surface area contributed by atoms with Crippen molar-refractivity contribution < 1.29 is 14.3 Å². The summed E-state index contributed by atoms with van der Waals surface area (Å²) < 4.78 is 10.1. The first-order valence-electron chi connectivity index (χ1n) is 4.96. The standard InChI is InChI=1S/C11H16N2O3/c1-7(2)16-11(14)6-15-8-3-4-9(12)10(13)5-8/h3-5,7H,6,12-13H2,1-2H3. The molecule has 0 aliphatic carbocycles. The van der Waals surface area contributed by atoms with Crippen molar-refractivity contribution in [3.05, 3.63) is 18.2 Å². The maximum Gasteiger partial charge on any atom is 0.344 e. The maximum atomic E-state index is 11.2. The molecule has 1 aromatic rings. The Morgan fingerprint density at radius 3 is 2.56 bits per heavy atom. The number of hydrogen-bond acceptors (Lipinski definition) is 5. The smallest absolute Gasteiger partial charge is 0.344 e. The summed E-state index contributed by atoms with van der Waals surface area (Å²) in [7, 11) is 0. The number of nitrogens with two attached hydrogens (primary N) is 2. The van der Waals surface area contributed by atoms with Gasteiger partial charge in [0.1, 0.15) is 5.75 Å². The van der Waals surface area contributed by atoms with Crippen molar-refractivity contribution in [2.45, 2.75) is 20.0 Å². The Morgan fingerprint density at radius 1 is 1.31 bits per heavy atom. The van der Waals surface area contributed by atoms with E-state index < -0.39 is 5.97 Å². The molecule has 0 atom stereocenters. The maximum absolute atomic E-state index is 11.2. The van der Waals surface area contributed by atoms with Crippen LogP contribution in [-0.2, 0) is 9.53 Å². The Balaban J connectivity index is 2.48. The van der Waals surface area contributed by atoms with E-state index in [9.17, 15) is 4.79 Å². The van der Waals surface area contributed by atoms with Gasteiger partial charge >= 0.3 is 5.97 Å². The molecule has 16 heavy (non-hydrogen) atoms. The molecule has 0 aromatic heterocycles. The molecular weight excluding hydrogens is 208 g/mol. The Kier molecular flexibility index (Phi) is 3.99. The van der Waals surface area contributed by atoms with Gasteiger partial charge in [0.15, 0.2) is 6.61 Å². The predicted molar refractivity (Wildman–Crippen MR) is 62.0 cm³/mol. The van der Waals surface area contributed by atoms with E-state index in [0.29, 0.717) is 17.1 Å². The fraction of sp³-hybridized carbons (Fsp3) is 0.364. The summed E-state index contributed by atoms with van der Waals surface area (Å²) in [5, 5.41) is 0. The second-order valence-electron chi connectivity index (χ2n) is 3.62. The second kappa shape index (κ2) is 5.25. The van der Waals surface area contributed by atoms with Crippen LogP contribution in [0.3, 0.4) is 0 Å². The highest BCUT2D eigenvalue weighted by Gasteiger charge is 2.06. The van der Waals surface area contributed by atoms with Crippen molar-refractivity contribution in [2.24, 2.45) is 0 Å². The lowest BCUT2D eigenvalue weighted by Crippen LogP contribution is -2.18. The number of carbonyl (C=O) groups excluding carboxylic acids is 1. The number of anilines is 2. The van der Waals surface area contributed by atoms with E-state index in [1.807, 2.05) is 0 Å². The molecule has 0 bridgehead atoms. The summed E-state index contributed by atoms with van der Waals surface area (Å²) in [5.41, 5.74) is 12.0. The molecule has 1 rings (SSSR count). The van der Waals surface area contributed by atoms with Crippen molar-refractivity contribution in [3.63, 3.8) is 0 Å². The van der Waals surface area contributed by atoms with Crippen LogP contribution in [0.5, 0.6) is 5.75 Å². The van der Waals surface area contributed by atoms with Gasteiger partial charge in [0, 0.05) is 6.07 Å². The number of benzene rings is 1. The summed E-state index contributed by atoms with van der Waals surface area (Å²) >= 11 is 0. The monoisotopic (exact) mass is 224 g/mol. The quantitative estimate of drug-likeness (QED) is 0.592. The van der Waals surface area contributed by atoms with Crippen molar-refractivity contribution in [1.29, 1.82) is 0 Å².